The third-order valence-corrected chi connectivity index (χ3v) is 3.66. The van der Waals surface area contributed by atoms with Crippen molar-refractivity contribution in [2.75, 3.05) is 44.0 Å². The van der Waals surface area contributed by atoms with Crippen molar-refractivity contribution in [1.82, 2.24) is 5.32 Å². The molecule has 1 aliphatic carbocycles. The highest BCUT2D eigenvalue weighted by atomic mass is 16.5. The predicted molar refractivity (Wildman–Crippen MR) is 85.7 cm³/mol. The van der Waals surface area contributed by atoms with E-state index in [1.807, 2.05) is 24.9 Å². The number of nitrogen functional groups attached to an aromatic ring is 1. The van der Waals surface area contributed by atoms with Gasteiger partial charge in [-0.3, -0.25) is 4.79 Å². The number of rotatable bonds is 8. The lowest BCUT2D eigenvalue weighted by molar-refractivity contribution is 0.0956. The maximum atomic E-state index is 11.9. The van der Waals surface area contributed by atoms with Crippen molar-refractivity contribution < 1.29 is 9.53 Å². The molecular weight excluding hydrogens is 266 g/mol. The smallest absolute Gasteiger partial charge is 0.251 e. The second kappa shape index (κ2) is 7.31. The molecule has 0 aromatic heterocycles. The van der Waals surface area contributed by atoms with Crippen LogP contribution in [0.15, 0.2) is 18.2 Å². The summed E-state index contributed by atoms with van der Waals surface area (Å²) in [6.45, 7) is 4.82. The number of hydrogen-bond donors (Lipinski definition) is 2. The lowest BCUT2D eigenvalue weighted by Crippen LogP contribution is -2.26. The van der Waals surface area contributed by atoms with Gasteiger partial charge in [0.1, 0.15) is 0 Å². The van der Waals surface area contributed by atoms with Gasteiger partial charge in [-0.2, -0.15) is 0 Å². The van der Waals surface area contributed by atoms with Gasteiger partial charge < -0.3 is 20.7 Å². The molecule has 0 radical (unpaired) electrons. The van der Waals surface area contributed by atoms with Crippen molar-refractivity contribution >= 4 is 17.3 Å². The number of nitrogens with two attached hydrogens (primary N) is 1. The molecule has 5 nitrogen and oxygen atoms in total. The summed E-state index contributed by atoms with van der Waals surface area (Å²) in [6, 6.07) is 5.37. The van der Waals surface area contributed by atoms with Gasteiger partial charge in [-0.15, -0.1) is 0 Å². The molecule has 1 aromatic rings. The summed E-state index contributed by atoms with van der Waals surface area (Å²) in [4.78, 5) is 13.9. The first-order chi connectivity index (χ1) is 10.1. The van der Waals surface area contributed by atoms with Crippen LogP contribution >= 0.6 is 0 Å². The fourth-order valence-corrected chi connectivity index (χ4v) is 2.13. The number of ether oxygens (including phenoxy) is 1. The number of benzene rings is 1. The molecule has 0 saturated heterocycles. The molecule has 1 amide bonds. The highest BCUT2D eigenvalue weighted by Gasteiger charge is 2.21. The highest BCUT2D eigenvalue weighted by molar-refractivity contribution is 5.96. The molecule has 116 valence electrons. The maximum absolute atomic E-state index is 11.9. The molecule has 1 aromatic carbocycles. The standard InChI is InChI=1S/C16H25N3O2/c1-3-18-16(20)13-6-7-14(17)15(10-13)19(2)8-9-21-11-12-4-5-12/h6-7,10,12H,3-5,8-9,11,17H2,1-2H3,(H,18,20). The first-order valence-electron chi connectivity index (χ1n) is 7.58. The first-order valence-corrected chi connectivity index (χ1v) is 7.58. The Bertz CT molecular complexity index is 486. The molecular formula is C16H25N3O2. The van der Waals surface area contributed by atoms with Crippen molar-refractivity contribution in [2.45, 2.75) is 19.8 Å². The number of nitrogens with one attached hydrogen (secondary N) is 1. The first kappa shape index (κ1) is 15.6. The van der Waals surface area contributed by atoms with E-state index in [0.29, 0.717) is 24.4 Å². The van der Waals surface area contributed by atoms with Crippen molar-refractivity contribution in [1.29, 1.82) is 0 Å². The number of carbonyl (C=O) groups excluding carboxylic acids is 1. The molecule has 3 N–H and O–H groups in total. The van der Waals surface area contributed by atoms with Crippen LogP contribution in [0.1, 0.15) is 30.1 Å². The van der Waals surface area contributed by atoms with Crippen molar-refractivity contribution in [3.8, 4) is 0 Å². The number of amides is 1. The molecule has 2 rings (SSSR count). The van der Waals surface area contributed by atoms with E-state index in [-0.39, 0.29) is 5.91 Å². The van der Waals surface area contributed by atoms with E-state index in [4.69, 9.17) is 10.5 Å². The van der Waals surface area contributed by atoms with Crippen LogP contribution in [0.4, 0.5) is 11.4 Å². The molecule has 21 heavy (non-hydrogen) atoms. The molecule has 5 heteroatoms. The third kappa shape index (κ3) is 4.63. The minimum Gasteiger partial charge on any atom is -0.397 e. The highest BCUT2D eigenvalue weighted by Crippen LogP contribution is 2.29. The average Bonchev–Trinajstić information content (AvgIpc) is 3.28. The summed E-state index contributed by atoms with van der Waals surface area (Å²) >= 11 is 0. The lowest BCUT2D eigenvalue weighted by Gasteiger charge is -2.21. The Labute approximate surface area is 126 Å². The van der Waals surface area contributed by atoms with Gasteiger partial charge in [0.15, 0.2) is 0 Å². The molecule has 0 spiro atoms. The summed E-state index contributed by atoms with van der Waals surface area (Å²) in [6.07, 6.45) is 2.61. The Hall–Kier alpha value is -1.75. The minimum atomic E-state index is -0.0721. The van der Waals surface area contributed by atoms with Crippen molar-refractivity contribution in [3.05, 3.63) is 23.8 Å². The van der Waals surface area contributed by atoms with Crippen LogP contribution in [0.2, 0.25) is 0 Å². The largest absolute Gasteiger partial charge is 0.397 e. The summed E-state index contributed by atoms with van der Waals surface area (Å²) in [7, 11) is 1.97. The Morgan fingerprint density at radius 2 is 2.24 bits per heavy atom. The molecule has 1 fully saturated rings. The van der Waals surface area contributed by atoms with Gasteiger partial charge >= 0.3 is 0 Å². The van der Waals surface area contributed by atoms with Gasteiger partial charge in [-0.1, -0.05) is 0 Å². The van der Waals surface area contributed by atoms with Gasteiger partial charge in [0.2, 0.25) is 0 Å². The Morgan fingerprint density at radius 3 is 2.90 bits per heavy atom. The van der Waals surface area contributed by atoms with Crippen LogP contribution in [0.3, 0.4) is 0 Å². The SMILES string of the molecule is CCNC(=O)c1ccc(N)c(N(C)CCOCC2CC2)c1. The Morgan fingerprint density at radius 1 is 1.48 bits per heavy atom. The predicted octanol–water partition coefficient (Wildman–Crippen LogP) is 1.88. The van der Waals surface area contributed by atoms with E-state index in [0.717, 1.165) is 24.8 Å². The Balaban J connectivity index is 1.92. The summed E-state index contributed by atoms with van der Waals surface area (Å²) < 4.78 is 5.64. The number of carbonyl (C=O) groups is 1. The molecule has 1 aliphatic rings. The molecule has 0 aliphatic heterocycles. The second-order valence-corrected chi connectivity index (χ2v) is 5.57. The van der Waals surface area contributed by atoms with Gasteiger partial charge in [0.05, 0.1) is 18.0 Å². The van der Waals surface area contributed by atoms with Crippen molar-refractivity contribution in [2.24, 2.45) is 5.92 Å². The summed E-state index contributed by atoms with van der Waals surface area (Å²) in [5, 5.41) is 2.80. The monoisotopic (exact) mass is 291 g/mol. The van der Waals surface area contributed by atoms with Crippen LogP contribution in [-0.2, 0) is 4.74 Å². The number of hydrogen-bond acceptors (Lipinski definition) is 4. The quantitative estimate of drug-likeness (QED) is 0.567. The zero-order valence-electron chi connectivity index (χ0n) is 12.9. The lowest BCUT2D eigenvalue weighted by atomic mass is 10.1. The zero-order valence-corrected chi connectivity index (χ0v) is 12.9. The van der Waals surface area contributed by atoms with Crippen LogP contribution in [-0.4, -0.2) is 39.3 Å². The summed E-state index contributed by atoms with van der Waals surface area (Å²) in [5.74, 6) is 0.707. The van der Waals surface area contributed by atoms with E-state index in [9.17, 15) is 4.79 Å². The van der Waals surface area contributed by atoms with E-state index < -0.39 is 0 Å². The van der Waals surface area contributed by atoms with Gasteiger partial charge in [0, 0.05) is 32.3 Å². The molecule has 0 atom stereocenters. The normalized spacial score (nSPS) is 14.0. The van der Waals surface area contributed by atoms with Crippen LogP contribution in [0, 0.1) is 5.92 Å². The zero-order chi connectivity index (χ0) is 15.2. The van der Waals surface area contributed by atoms with Crippen LogP contribution in [0.5, 0.6) is 0 Å². The third-order valence-electron chi connectivity index (χ3n) is 3.66. The number of nitrogens with zero attached hydrogens (tertiary/aromatic N) is 1. The molecule has 0 unspecified atom stereocenters. The topological polar surface area (TPSA) is 67.6 Å². The molecule has 0 bridgehead atoms. The van der Waals surface area contributed by atoms with Gasteiger partial charge in [-0.25, -0.2) is 0 Å². The van der Waals surface area contributed by atoms with Crippen molar-refractivity contribution in [3.63, 3.8) is 0 Å². The Kier molecular flexibility index (Phi) is 5.44. The fraction of sp³-hybridized carbons (Fsp3) is 0.562. The average molecular weight is 291 g/mol. The maximum Gasteiger partial charge on any atom is 0.251 e. The summed E-state index contributed by atoms with van der Waals surface area (Å²) in [5.41, 5.74) is 8.19. The van der Waals surface area contributed by atoms with Crippen LogP contribution in [0.25, 0.3) is 0 Å². The molecule has 0 heterocycles. The van der Waals surface area contributed by atoms with E-state index >= 15 is 0 Å². The van der Waals surface area contributed by atoms with E-state index in [1.54, 1.807) is 12.1 Å². The van der Waals surface area contributed by atoms with Gasteiger partial charge in [0.25, 0.3) is 5.91 Å². The molecule has 1 saturated carbocycles. The fourth-order valence-electron chi connectivity index (χ4n) is 2.13. The van der Waals surface area contributed by atoms with Crippen LogP contribution < -0.4 is 16.0 Å². The number of anilines is 2. The van der Waals surface area contributed by atoms with E-state index in [1.165, 1.54) is 12.8 Å². The minimum absolute atomic E-state index is 0.0721. The van der Waals surface area contributed by atoms with Gasteiger partial charge in [-0.05, 0) is 43.9 Å². The number of likely N-dealkylation sites (N-methyl/N-ethyl adjacent to an activating group) is 1. The second-order valence-electron chi connectivity index (χ2n) is 5.57. The van der Waals surface area contributed by atoms with E-state index in [2.05, 4.69) is 5.32 Å².